The van der Waals surface area contributed by atoms with Crippen molar-refractivity contribution in [2.45, 2.75) is 26.8 Å². The predicted octanol–water partition coefficient (Wildman–Crippen LogP) is 2.76. The van der Waals surface area contributed by atoms with Crippen molar-refractivity contribution in [3.63, 3.8) is 0 Å². The van der Waals surface area contributed by atoms with E-state index in [2.05, 4.69) is 36.3 Å². The van der Waals surface area contributed by atoms with Crippen LogP contribution in [0, 0.1) is 5.92 Å². The first-order chi connectivity index (χ1) is 10.1. The van der Waals surface area contributed by atoms with E-state index in [1.807, 2.05) is 37.2 Å². The molecule has 118 valence electrons. The maximum Gasteiger partial charge on any atom is 0.193 e. The summed E-state index contributed by atoms with van der Waals surface area (Å²) in [5, 5.41) is 3.33. The van der Waals surface area contributed by atoms with Crippen LogP contribution in [0.5, 0.6) is 0 Å². The molecule has 0 aliphatic rings. The monoisotopic (exact) mass is 291 g/mol. The zero-order valence-corrected chi connectivity index (χ0v) is 13.8. The molecule has 0 radical (unpaired) electrons. The molecule has 4 nitrogen and oxygen atoms in total. The summed E-state index contributed by atoms with van der Waals surface area (Å²) in [6.07, 6.45) is 1.11. The number of nitrogens with one attached hydrogen (secondary N) is 1. The van der Waals surface area contributed by atoms with Gasteiger partial charge in [-0.3, -0.25) is 0 Å². The Hall–Kier alpha value is -1.55. The Morgan fingerprint density at radius 3 is 2.52 bits per heavy atom. The fraction of sp³-hybridized carbons (Fsp3) is 0.588. The molecule has 0 bridgehead atoms. The quantitative estimate of drug-likeness (QED) is 0.454. The highest BCUT2D eigenvalue weighted by molar-refractivity contribution is 5.79. The van der Waals surface area contributed by atoms with Crippen LogP contribution in [0.2, 0.25) is 0 Å². The Morgan fingerprint density at radius 2 is 1.90 bits per heavy atom. The maximum atomic E-state index is 5.60. The predicted molar refractivity (Wildman–Crippen MR) is 89.5 cm³/mol. The average Bonchev–Trinajstić information content (AvgIpc) is 2.46. The van der Waals surface area contributed by atoms with E-state index in [9.17, 15) is 0 Å². The lowest BCUT2D eigenvalue weighted by Crippen LogP contribution is -2.38. The normalized spacial score (nSPS) is 11.8. The fourth-order valence-electron chi connectivity index (χ4n) is 1.76. The number of ether oxygens (including phenoxy) is 1. The second-order valence-electron chi connectivity index (χ2n) is 5.74. The molecule has 0 unspecified atom stereocenters. The van der Waals surface area contributed by atoms with Gasteiger partial charge in [-0.25, -0.2) is 4.99 Å². The van der Waals surface area contributed by atoms with Gasteiger partial charge < -0.3 is 15.0 Å². The summed E-state index contributed by atoms with van der Waals surface area (Å²) >= 11 is 0. The molecule has 1 N–H and O–H groups in total. The van der Waals surface area contributed by atoms with Gasteiger partial charge in [-0.15, -0.1) is 0 Å². The zero-order chi connectivity index (χ0) is 15.5. The van der Waals surface area contributed by atoms with Gasteiger partial charge in [0.05, 0.1) is 13.2 Å². The van der Waals surface area contributed by atoms with Crippen LogP contribution in [-0.2, 0) is 11.3 Å². The number of nitrogens with zero attached hydrogens (tertiary/aromatic N) is 2. The van der Waals surface area contributed by atoms with Gasteiger partial charge in [-0.1, -0.05) is 44.2 Å². The van der Waals surface area contributed by atoms with E-state index in [1.54, 1.807) is 0 Å². The van der Waals surface area contributed by atoms with Crippen molar-refractivity contribution in [1.29, 1.82) is 0 Å². The zero-order valence-electron chi connectivity index (χ0n) is 13.8. The number of hydrogen-bond donors (Lipinski definition) is 1. The summed E-state index contributed by atoms with van der Waals surface area (Å²) in [6.45, 7) is 7.44. The van der Waals surface area contributed by atoms with Gasteiger partial charge in [0.15, 0.2) is 5.96 Å². The molecule has 0 heterocycles. The molecule has 0 aliphatic carbocycles. The van der Waals surface area contributed by atoms with Gasteiger partial charge in [0.2, 0.25) is 0 Å². The first-order valence-electron chi connectivity index (χ1n) is 7.67. The minimum Gasteiger partial charge on any atom is -0.380 e. The van der Waals surface area contributed by atoms with Crippen molar-refractivity contribution in [3.05, 3.63) is 35.9 Å². The first-order valence-corrected chi connectivity index (χ1v) is 7.67. The van der Waals surface area contributed by atoms with E-state index in [0.717, 1.165) is 25.5 Å². The minimum atomic E-state index is 0.690. The van der Waals surface area contributed by atoms with Gasteiger partial charge >= 0.3 is 0 Å². The summed E-state index contributed by atoms with van der Waals surface area (Å²) in [4.78, 5) is 6.61. The lowest BCUT2D eigenvalue weighted by Gasteiger charge is -2.17. The van der Waals surface area contributed by atoms with Gasteiger partial charge in [-0.05, 0) is 17.9 Å². The number of benzene rings is 1. The van der Waals surface area contributed by atoms with Gasteiger partial charge in [-0.2, -0.15) is 0 Å². The van der Waals surface area contributed by atoms with Crippen LogP contribution in [0.1, 0.15) is 25.8 Å². The number of aliphatic imine (C=N–C) groups is 1. The topological polar surface area (TPSA) is 36.9 Å². The van der Waals surface area contributed by atoms with E-state index in [0.29, 0.717) is 19.1 Å². The third kappa shape index (κ3) is 8.35. The molecule has 0 spiro atoms. The molecule has 1 aromatic rings. The van der Waals surface area contributed by atoms with Crippen molar-refractivity contribution >= 4 is 5.96 Å². The summed E-state index contributed by atoms with van der Waals surface area (Å²) in [7, 11) is 3.99. The van der Waals surface area contributed by atoms with E-state index in [4.69, 9.17) is 4.74 Å². The fourth-order valence-corrected chi connectivity index (χ4v) is 1.76. The lowest BCUT2D eigenvalue weighted by atomic mass is 10.1. The summed E-state index contributed by atoms with van der Waals surface area (Å²) < 4.78 is 5.60. The van der Waals surface area contributed by atoms with E-state index < -0.39 is 0 Å². The molecule has 0 atom stereocenters. The molecule has 0 saturated heterocycles. The van der Waals surface area contributed by atoms with E-state index in [-0.39, 0.29) is 0 Å². The van der Waals surface area contributed by atoms with Crippen LogP contribution >= 0.6 is 0 Å². The minimum absolute atomic E-state index is 0.690. The average molecular weight is 291 g/mol. The Kier molecular flexibility index (Phi) is 8.51. The highest BCUT2D eigenvalue weighted by Gasteiger charge is 2.01. The Balaban J connectivity index is 2.30. The summed E-state index contributed by atoms with van der Waals surface area (Å²) in [6, 6.07) is 10.3. The highest BCUT2D eigenvalue weighted by Crippen LogP contribution is 2.01. The van der Waals surface area contributed by atoms with Crippen LogP contribution in [0.3, 0.4) is 0 Å². The molecule has 0 aromatic heterocycles. The SMILES string of the molecule is CC(C)CCOCCNC(=NCc1ccccc1)N(C)C. The lowest BCUT2D eigenvalue weighted by molar-refractivity contribution is 0.127. The van der Waals surface area contributed by atoms with Crippen molar-refractivity contribution < 1.29 is 4.74 Å². The van der Waals surface area contributed by atoms with Gasteiger partial charge in [0.25, 0.3) is 0 Å². The molecular formula is C17H29N3O. The smallest absolute Gasteiger partial charge is 0.193 e. The summed E-state index contributed by atoms with van der Waals surface area (Å²) in [5.41, 5.74) is 1.21. The van der Waals surface area contributed by atoms with Crippen LogP contribution in [0.4, 0.5) is 0 Å². The molecular weight excluding hydrogens is 262 g/mol. The third-order valence-corrected chi connectivity index (χ3v) is 3.05. The highest BCUT2D eigenvalue weighted by atomic mass is 16.5. The van der Waals surface area contributed by atoms with Crippen LogP contribution in [0.15, 0.2) is 35.3 Å². The largest absolute Gasteiger partial charge is 0.380 e. The number of hydrogen-bond acceptors (Lipinski definition) is 2. The molecule has 1 rings (SSSR count). The number of rotatable bonds is 8. The van der Waals surface area contributed by atoms with E-state index >= 15 is 0 Å². The second-order valence-corrected chi connectivity index (χ2v) is 5.74. The Labute approximate surface area is 129 Å². The van der Waals surface area contributed by atoms with Crippen LogP contribution < -0.4 is 5.32 Å². The van der Waals surface area contributed by atoms with Gasteiger partial charge in [0, 0.05) is 27.2 Å². The van der Waals surface area contributed by atoms with Crippen molar-refractivity contribution in [1.82, 2.24) is 10.2 Å². The van der Waals surface area contributed by atoms with Crippen molar-refractivity contribution in [2.24, 2.45) is 10.9 Å². The molecule has 1 aromatic carbocycles. The molecule has 0 saturated carbocycles. The van der Waals surface area contributed by atoms with Crippen molar-refractivity contribution in [2.75, 3.05) is 33.9 Å². The standard InChI is InChI=1S/C17H29N3O/c1-15(2)10-12-21-13-11-18-17(20(3)4)19-14-16-8-6-5-7-9-16/h5-9,15H,10-14H2,1-4H3,(H,18,19). The van der Waals surface area contributed by atoms with E-state index in [1.165, 1.54) is 5.56 Å². The molecule has 0 fully saturated rings. The molecule has 0 amide bonds. The first kappa shape index (κ1) is 17.5. The summed E-state index contributed by atoms with van der Waals surface area (Å²) in [5.74, 6) is 1.59. The van der Waals surface area contributed by atoms with Crippen molar-refractivity contribution in [3.8, 4) is 0 Å². The third-order valence-electron chi connectivity index (χ3n) is 3.05. The van der Waals surface area contributed by atoms with Crippen LogP contribution in [-0.4, -0.2) is 44.7 Å². The molecule has 21 heavy (non-hydrogen) atoms. The maximum absolute atomic E-state index is 5.60. The molecule has 0 aliphatic heterocycles. The van der Waals surface area contributed by atoms with Crippen LogP contribution in [0.25, 0.3) is 0 Å². The number of guanidine groups is 1. The Bertz CT molecular complexity index is 402. The van der Waals surface area contributed by atoms with Gasteiger partial charge in [0.1, 0.15) is 0 Å². The second kappa shape index (κ2) is 10.2. The Morgan fingerprint density at radius 1 is 1.19 bits per heavy atom. The molecule has 4 heteroatoms.